The van der Waals surface area contributed by atoms with Gasteiger partial charge in [0.2, 0.25) is 0 Å². The summed E-state index contributed by atoms with van der Waals surface area (Å²) in [6.45, 7) is 0. The van der Waals surface area contributed by atoms with Crippen molar-refractivity contribution in [3.05, 3.63) is 59.7 Å². The normalized spacial score (nSPS) is 13.7. The van der Waals surface area contributed by atoms with Crippen LogP contribution in [-0.4, -0.2) is 61.2 Å². The van der Waals surface area contributed by atoms with Gasteiger partial charge in [0.1, 0.15) is 17.6 Å². The van der Waals surface area contributed by atoms with Crippen molar-refractivity contribution in [2.75, 3.05) is 0 Å². The van der Waals surface area contributed by atoms with Gasteiger partial charge in [0.15, 0.2) is 0 Å². The third-order valence-corrected chi connectivity index (χ3v) is 3.35. The molecule has 2 aromatic carbocycles. The zero-order valence-electron chi connectivity index (χ0n) is 9.76. The van der Waals surface area contributed by atoms with E-state index in [0.29, 0.717) is 22.6 Å². The van der Waals surface area contributed by atoms with Crippen LogP contribution in [0.3, 0.4) is 0 Å². The van der Waals surface area contributed by atoms with Crippen LogP contribution < -0.4 is 4.74 Å². The van der Waals surface area contributed by atoms with E-state index in [1.165, 1.54) is 0 Å². The molecule has 3 rings (SSSR count). The Bertz CT molecular complexity index is 624. The summed E-state index contributed by atoms with van der Waals surface area (Å²) in [5.74, 6) is 1.08. The van der Waals surface area contributed by atoms with Gasteiger partial charge >= 0.3 is 59.2 Å². The van der Waals surface area contributed by atoms with E-state index in [-0.39, 0.29) is 51.4 Å². The zero-order valence-corrected chi connectivity index (χ0v) is 10.7. The summed E-state index contributed by atoms with van der Waals surface area (Å²) in [5, 5.41) is 0. The predicted molar refractivity (Wildman–Crippen MR) is 75.1 cm³/mol. The van der Waals surface area contributed by atoms with Gasteiger partial charge < -0.3 is 14.5 Å². The maximum absolute atomic E-state index is 11.2. The van der Waals surface area contributed by atoms with Crippen LogP contribution in [0.1, 0.15) is 17.2 Å². The third-order valence-electron chi connectivity index (χ3n) is 2.87. The molecule has 100 valence electrons. The Kier molecular flexibility index (Phi) is 5.23. The first kappa shape index (κ1) is 16.4. The molecule has 0 aromatic heterocycles. The molecule has 0 atom stereocenters. The maximum atomic E-state index is 11.2. The monoisotopic (exact) mass is 318 g/mol. The van der Waals surface area contributed by atoms with Crippen molar-refractivity contribution < 1.29 is 23.6 Å². The molecule has 2 N–H and O–H groups in total. The van der Waals surface area contributed by atoms with Gasteiger partial charge in [0.25, 0.3) is 0 Å². The minimum atomic E-state index is -4.60. The molecule has 7 heteroatoms. The number of ether oxygens (including phenoxy) is 1. The van der Waals surface area contributed by atoms with Crippen LogP contribution in [0.25, 0.3) is 0 Å². The van der Waals surface area contributed by atoms with Crippen LogP contribution >= 0.6 is 7.82 Å². The van der Waals surface area contributed by atoms with Gasteiger partial charge in [-0.1, -0.05) is 36.4 Å². The molecular formula is C13H12KO5P. The van der Waals surface area contributed by atoms with Gasteiger partial charge in [-0.05, 0) is 12.1 Å². The van der Waals surface area contributed by atoms with E-state index < -0.39 is 13.9 Å². The first-order valence-corrected chi connectivity index (χ1v) is 7.17. The van der Waals surface area contributed by atoms with Crippen LogP contribution in [0.4, 0.5) is 0 Å². The number of fused-ring (bicyclic) bond motifs is 2. The Morgan fingerprint density at radius 2 is 1.40 bits per heavy atom. The van der Waals surface area contributed by atoms with Crippen LogP contribution in [0.5, 0.6) is 11.5 Å². The van der Waals surface area contributed by atoms with Gasteiger partial charge in [-0.3, -0.25) is 4.52 Å². The first-order chi connectivity index (χ1) is 9.04. The standard InChI is InChI=1S/C13H11O5P.K.H/c14-19(15,16)18-13-9-5-1-3-7-11(9)17-12-8-4-2-6-10(12)13;;/h1-8,13H,(H2,14,15,16);;. The molecule has 0 amide bonds. The second kappa shape index (κ2) is 6.40. The second-order valence-electron chi connectivity index (χ2n) is 4.15. The summed E-state index contributed by atoms with van der Waals surface area (Å²) in [5.41, 5.74) is 1.20. The summed E-state index contributed by atoms with van der Waals surface area (Å²) >= 11 is 0. The predicted octanol–water partition coefficient (Wildman–Crippen LogP) is 2.34. The molecule has 0 saturated heterocycles. The topological polar surface area (TPSA) is 76.0 Å². The molecule has 0 fully saturated rings. The van der Waals surface area contributed by atoms with E-state index >= 15 is 0 Å². The second-order valence-corrected chi connectivity index (χ2v) is 5.35. The molecule has 1 aliphatic heterocycles. The van der Waals surface area contributed by atoms with Gasteiger partial charge in [0, 0.05) is 11.1 Å². The summed E-state index contributed by atoms with van der Waals surface area (Å²) in [6, 6.07) is 14.1. The van der Waals surface area contributed by atoms with Crippen molar-refractivity contribution in [2.24, 2.45) is 0 Å². The minimum absolute atomic E-state index is 0. The molecule has 2 aromatic rings. The molecule has 0 bridgehead atoms. The van der Waals surface area contributed by atoms with Crippen molar-refractivity contribution >= 4 is 59.2 Å². The number of benzene rings is 2. The molecule has 1 aliphatic rings. The van der Waals surface area contributed by atoms with Crippen molar-refractivity contribution in [2.45, 2.75) is 6.10 Å². The SMILES string of the molecule is O=P(O)(O)OC1c2ccccc2Oc2ccccc21.[KH]. The van der Waals surface area contributed by atoms with E-state index in [2.05, 4.69) is 0 Å². The van der Waals surface area contributed by atoms with Crippen LogP contribution in [0.2, 0.25) is 0 Å². The Hall–Kier alpha value is -0.0136. The molecule has 20 heavy (non-hydrogen) atoms. The van der Waals surface area contributed by atoms with Crippen molar-refractivity contribution in [1.29, 1.82) is 0 Å². The quantitative estimate of drug-likeness (QED) is 0.656. The fourth-order valence-electron chi connectivity index (χ4n) is 2.12. The molecule has 0 saturated carbocycles. The molecule has 0 radical (unpaired) electrons. The van der Waals surface area contributed by atoms with Gasteiger partial charge in [0.05, 0.1) is 0 Å². The van der Waals surface area contributed by atoms with Gasteiger partial charge in [-0.25, -0.2) is 4.57 Å². The van der Waals surface area contributed by atoms with Crippen molar-refractivity contribution in [3.8, 4) is 11.5 Å². The van der Waals surface area contributed by atoms with E-state index in [9.17, 15) is 4.57 Å². The summed E-state index contributed by atoms with van der Waals surface area (Å²) in [4.78, 5) is 18.1. The molecule has 5 nitrogen and oxygen atoms in total. The van der Waals surface area contributed by atoms with Gasteiger partial charge in [-0.2, -0.15) is 0 Å². The fourth-order valence-corrected chi connectivity index (χ4v) is 2.62. The summed E-state index contributed by atoms with van der Waals surface area (Å²) in [7, 11) is -4.60. The fraction of sp³-hybridized carbons (Fsp3) is 0.0769. The van der Waals surface area contributed by atoms with Crippen LogP contribution in [0, 0.1) is 0 Å². The number of hydrogen-bond donors (Lipinski definition) is 2. The number of para-hydroxylation sites is 2. The third kappa shape index (κ3) is 3.41. The van der Waals surface area contributed by atoms with E-state index in [1.807, 2.05) is 0 Å². The van der Waals surface area contributed by atoms with Crippen molar-refractivity contribution in [1.82, 2.24) is 0 Å². The summed E-state index contributed by atoms with van der Waals surface area (Å²) in [6.07, 6.45) is -0.831. The molecular weight excluding hydrogens is 306 g/mol. The van der Waals surface area contributed by atoms with Crippen LogP contribution in [0.15, 0.2) is 48.5 Å². The Morgan fingerprint density at radius 3 is 1.85 bits per heavy atom. The average molecular weight is 318 g/mol. The first-order valence-electron chi connectivity index (χ1n) is 5.64. The molecule has 1 heterocycles. The van der Waals surface area contributed by atoms with E-state index in [4.69, 9.17) is 19.0 Å². The van der Waals surface area contributed by atoms with Crippen molar-refractivity contribution in [3.63, 3.8) is 0 Å². The zero-order chi connectivity index (χ0) is 13.5. The Morgan fingerprint density at radius 1 is 0.950 bits per heavy atom. The number of rotatable bonds is 2. The van der Waals surface area contributed by atoms with Crippen LogP contribution in [-0.2, 0) is 9.09 Å². The van der Waals surface area contributed by atoms with Gasteiger partial charge in [-0.15, -0.1) is 0 Å². The molecule has 0 unspecified atom stereocenters. The average Bonchev–Trinajstić information content (AvgIpc) is 2.37. The summed E-state index contributed by atoms with van der Waals surface area (Å²) < 4.78 is 21.8. The Balaban J connectivity index is 0.00000147. The Labute approximate surface area is 158 Å². The van der Waals surface area contributed by atoms with E-state index in [1.54, 1.807) is 48.5 Å². The number of phosphoric ester groups is 1. The molecule has 0 spiro atoms. The number of phosphoric acid groups is 1. The number of hydrogen-bond acceptors (Lipinski definition) is 3. The molecule has 0 aliphatic carbocycles. The van der Waals surface area contributed by atoms with E-state index in [0.717, 1.165) is 0 Å².